The largest absolute Gasteiger partial charge is 0.495 e. The van der Waals surface area contributed by atoms with Gasteiger partial charge in [-0.15, -0.1) is 0 Å². The number of aryl methyl sites for hydroxylation is 1. The Hall–Kier alpha value is -3.77. The third-order valence-electron chi connectivity index (χ3n) is 8.12. The van der Waals surface area contributed by atoms with E-state index in [0.29, 0.717) is 6.54 Å². The van der Waals surface area contributed by atoms with Crippen LogP contribution in [0.4, 0.5) is 5.69 Å². The van der Waals surface area contributed by atoms with Crippen LogP contribution in [0.5, 0.6) is 5.75 Å². The van der Waals surface area contributed by atoms with Crippen molar-refractivity contribution in [2.45, 2.75) is 25.9 Å². The van der Waals surface area contributed by atoms with Gasteiger partial charge in [-0.1, -0.05) is 48.5 Å². The number of para-hydroxylation sites is 3. The highest BCUT2D eigenvalue weighted by Gasteiger charge is 2.27. The number of fused-ring (bicyclic) bond motifs is 3. The Morgan fingerprint density at radius 1 is 0.816 bits per heavy atom. The zero-order chi connectivity index (χ0) is 25.9. The lowest BCUT2D eigenvalue weighted by molar-refractivity contribution is 0.0734. The van der Waals surface area contributed by atoms with Crippen molar-refractivity contribution < 1.29 is 9.53 Å². The Morgan fingerprint density at radius 3 is 2.37 bits per heavy atom. The number of benzene rings is 3. The van der Waals surface area contributed by atoms with Gasteiger partial charge >= 0.3 is 0 Å². The van der Waals surface area contributed by atoms with E-state index in [1.54, 1.807) is 7.11 Å². The molecule has 0 spiro atoms. The van der Waals surface area contributed by atoms with Crippen LogP contribution in [-0.4, -0.2) is 66.7 Å². The van der Waals surface area contributed by atoms with Crippen LogP contribution in [0.3, 0.4) is 0 Å². The van der Waals surface area contributed by atoms with Crippen molar-refractivity contribution in [3.63, 3.8) is 0 Å². The zero-order valence-corrected chi connectivity index (χ0v) is 22.2. The van der Waals surface area contributed by atoms with Crippen molar-refractivity contribution in [1.82, 2.24) is 14.4 Å². The van der Waals surface area contributed by atoms with Crippen molar-refractivity contribution in [3.05, 3.63) is 95.7 Å². The Bertz CT molecular complexity index is 1410. The molecule has 196 valence electrons. The van der Waals surface area contributed by atoms with Crippen LogP contribution < -0.4 is 9.64 Å². The maximum Gasteiger partial charge on any atom is 0.254 e. The van der Waals surface area contributed by atoms with Crippen LogP contribution in [0.1, 0.15) is 28.0 Å². The van der Waals surface area contributed by atoms with Crippen LogP contribution in [-0.2, 0) is 19.5 Å². The highest BCUT2D eigenvalue weighted by atomic mass is 16.5. The Labute approximate surface area is 225 Å². The van der Waals surface area contributed by atoms with Crippen LogP contribution in [0.2, 0.25) is 0 Å². The van der Waals surface area contributed by atoms with Crippen molar-refractivity contribution >= 4 is 22.5 Å². The molecule has 1 fully saturated rings. The number of rotatable bonds is 7. The van der Waals surface area contributed by atoms with Crippen LogP contribution in [0.25, 0.3) is 10.9 Å². The minimum Gasteiger partial charge on any atom is -0.495 e. The normalized spacial score (nSPS) is 16.0. The molecule has 3 heterocycles. The van der Waals surface area contributed by atoms with Crippen LogP contribution >= 0.6 is 0 Å². The van der Waals surface area contributed by atoms with E-state index in [4.69, 9.17) is 4.74 Å². The molecule has 1 amide bonds. The van der Waals surface area contributed by atoms with Gasteiger partial charge < -0.3 is 19.1 Å². The molecule has 3 aromatic carbocycles. The maximum atomic E-state index is 13.2. The second kappa shape index (κ2) is 10.9. The molecule has 0 aliphatic carbocycles. The molecular weight excluding hydrogens is 472 g/mol. The van der Waals surface area contributed by atoms with E-state index in [-0.39, 0.29) is 5.91 Å². The van der Waals surface area contributed by atoms with Gasteiger partial charge in [0.05, 0.1) is 12.8 Å². The summed E-state index contributed by atoms with van der Waals surface area (Å²) in [6.45, 7) is 7.73. The SMILES string of the molecule is COc1ccccc1N1CCN(CCCn2c3c(c4ccccc42)CN(C(=O)c2ccccc2)CC3)CC1. The summed E-state index contributed by atoms with van der Waals surface area (Å²) in [6.07, 6.45) is 2.02. The van der Waals surface area contributed by atoms with E-state index in [0.717, 1.165) is 70.0 Å². The molecule has 0 radical (unpaired) electrons. The number of aromatic nitrogens is 1. The summed E-state index contributed by atoms with van der Waals surface area (Å²) < 4.78 is 8.10. The van der Waals surface area contributed by atoms with E-state index < -0.39 is 0 Å². The number of methoxy groups -OCH3 is 1. The quantitative estimate of drug-likeness (QED) is 0.350. The average molecular weight is 509 g/mol. The molecule has 1 saturated heterocycles. The summed E-state index contributed by atoms with van der Waals surface area (Å²) in [7, 11) is 1.75. The number of anilines is 1. The second-order valence-electron chi connectivity index (χ2n) is 10.3. The number of ether oxygens (including phenoxy) is 1. The van der Waals surface area contributed by atoms with Gasteiger partial charge in [-0.2, -0.15) is 0 Å². The number of hydrogen-bond acceptors (Lipinski definition) is 4. The number of nitrogens with zero attached hydrogens (tertiary/aromatic N) is 4. The molecule has 6 nitrogen and oxygen atoms in total. The van der Waals surface area contributed by atoms with Gasteiger partial charge in [0.2, 0.25) is 0 Å². The molecule has 1 aromatic heterocycles. The Morgan fingerprint density at radius 2 is 1.55 bits per heavy atom. The third-order valence-corrected chi connectivity index (χ3v) is 8.12. The molecular formula is C32H36N4O2. The smallest absolute Gasteiger partial charge is 0.254 e. The van der Waals surface area contributed by atoms with Gasteiger partial charge in [0, 0.05) is 80.0 Å². The average Bonchev–Trinajstić information content (AvgIpc) is 3.30. The van der Waals surface area contributed by atoms with Crippen molar-refractivity contribution in [2.24, 2.45) is 0 Å². The minimum atomic E-state index is 0.125. The summed E-state index contributed by atoms with van der Waals surface area (Å²) in [5, 5.41) is 1.29. The molecule has 2 aliphatic heterocycles. The first-order valence-corrected chi connectivity index (χ1v) is 13.8. The predicted molar refractivity (Wildman–Crippen MR) is 153 cm³/mol. The first-order valence-electron chi connectivity index (χ1n) is 13.8. The van der Waals surface area contributed by atoms with E-state index in [9.17, 15) is 4.79 Å². The first-order chi connectivity index (χ1) is 18.7. The zero-order valence-electron chi connectivity index (χ0n) is 22.2. The van der Waals surface area contributed by atoms with Gasteiger partial charge in [-0.05, 0) is 43.3 Å². The van der Waals surface area contributed by atoms with Crippen LogP contribution in [0.15, 0.2) is 78.9 Å². The Kier molecular flexibility index (Phi) is 7.06. The minimum absolute atomic E-state index is 0.125. The van der Waals surface area contributed by atoms with E-state index >= 15 is 0 Å². The van der Waals surface area contributed by atoms with E-state index in [2.05, 4.69) is 50.8 Å². The predicted octanol–water partition coefficient (Wildman–Crippen LogP) is 5.06. The lowest BCUT2D eigenvalue weighted by Crippen LogP contribution is -2.46. The number of hydrogen-bond donors (Lipinski definition) is 0. The monoisotopic (exact) mass is 508 g/mol. The third kappa shape index (κ3) is 4.76. The number of carbonyl (C=O) groups is 1. The van der Waals surface area contributed by atoms with Gasteiger partial charge in [-0.25, -0.2) is 0 Å². The summed E-state index contributed by atoms with van der Waals surface area (Å²) in [5.41, 5.74) is 5.99. The van der Waals surface area contributed by atoms with Gasteiger partial charge in [-0.3, -0.25) is 9.69 Å². The summed E-state index contributed by atoms with van der Waals surface area (Å²) >= 11 is 0. The van der Waals surface area contributed by atoms with Crippen molar-refractivity contribution in [2.75, 3.05) is 51.3 Å². The Balaban J connectivity index is 1.11. The van der Waals surface area contributed by atoms with E-state index in [1.807, 2.05) is 47.4 Å². The molecule has 0 atom stereocenters. The fourth-order valence-electron chi connectivity index (χ4n) is 6.15. The highest BCUT2D eigenvalue weighted by molar-refractivity contribution is 5.95. The highest BCUT2D eigenvalue weighted by Crippen LogP contribution is 2.32. The molecule has 2 aliphatic rings. The molecule has 0 bridgehead atoms. The number of piperazine rings is 1. The standard InChI is InChI=1S/C32H36N4O2/c1-38-31-15-8-7-14-30(31)34-22-20-33(21-23-34)17-9-18-36-28-13-6-5-12-26(28)27-24-35(19-16-29(27)36)32(37)25-10-3-2-4-11-25/h2-8,10-15H,9,16-24H2,1H3. The van der Waals surface area contributed by atoms with Crippen molar-refractivity contribution in [1.29, 1.82) is 0 Å². The molecule has 0 saturated carbocycles. The fraction of sp³-hybridized carbons (Fsp3) is 0.344. The van der Waals surface area contributed by atoms with Crippen molar-refractivity contribution in [3.8, 4) is 5.75 Å². The number of amides is 1. The van der Waals surface area contributed by atoms with Gasteiger partial charge in [0.1, 0.15) is 5.75 Å². The van der Waals surface area contributed by atoms with Crippen LogP contribution in [0, 0.1) is 0 Å². The molecule has 0 N–H and O–H groups in total. The van der Waals surface area contributed by atoms with Gasteiger partial charge in [0.25, 0.3) is 5.91 Å². The molecule has 4 aromatic rings. The summed E-state index contributed by atoms with van der Waals surface area (Å²) in [4.78, 5) is 20.2. The fourth-order valence-corrected chi connectivity index (χ4v) is 6.15. The molecule has 6 heteroatoms. The lowest BCUT2D eigenvalue weighted by atomic mass is 10.0. The first kappa shape index (κ1) is 24.6. The molecule has 0 unspecified atom stereocenters. The second-order valence-corrected chi connectivity index (χ2v) is 10.3. The van der Waals surface area contributed by atoms with E-state index in [1.165, 1.54) is 27.8 Å². The number of carbonyl (C=O) groups excluding carboxylic acids is 1. The molecule has 6 rings (SSSR count). The van der Waals surface area contributed by atoms with Gasteiger partial charge in [0.15, 0.2) is 0 Å². The maximum absolute atomic E-state index is 13.2. The molecule has 38 heavy (non-hydrogen) atoms. The topological polar surface area (TPSA) is 41.0 Å². The lowest BCUT2D eigenvalue weighted by Gasteiger charge is -2.36. The summed E-state index contributed by atoms with van der Waals surface area (Å²) in [6, 6.07) is 26.7. The summed E-state index contributed by atoms with van der Waals surface area (Å²) in [5.74, 6) is 1.08.